The molecule has 1 atom stereocenters. The molecule has 5 heteroatoms. The van der Waals surface area contributed by atoms with Crippen molar-refractivity contribution in [1.82, 2.24) is 19.5 Å². The zero-order valence-electron chi connectivity index (χ0n) is 9.85. The summed E-state index contributed by atoms with van der Waals surface area (Å²) in [5.74, 6) is 0.591. The topological polar surface area (TPSA) is 63.8 Å². The minimum atomic E-state index is -0.801. The fraction of sp³-hybridized carbons (Fsp3) is 0.154. The van der Waals surface area contributed by atoms with E-state index in [0.29, 0.717) is 11.3 Å². The Balaban J connectivity index is 2.18. The Morgan fingerprint density at radius 3 is 2.72 bits per heavy atom. The zero-order chi connectivity index (χ0) is 12.5. The summed E-state index contributed by atoms with van der Waals surface area (Å²) in [6, 6.07) is 5.58. The summed E-state index contributed by atoms with van der Waals surface area (Å²) in [5.41, 5.74) is 2.19. The number of aromatic nitrogens is 4. The van der Waals surface area contributed by atoms with Crippen LogP contribution in [0, 0.1) is 0 Å². The normalized spacial score (nSPS) is 12.8. The molecule has 0 aliphatic rings. The van der Waals surface area contributed by atoms with Crippen molar-refractivity contribution in [2.75, 3.05) is 0 Å². The lowest BCUT2D eigenvalue weighted by molar-refractivity contribution is 0.207. The molecule has 0 saturated carbocycles. The van der Waals surface area contributed by atoms with Crippen molar-refractivity contribution in [2.24, 2.45) is 7.05 Å². The van der Waals surface area contributed by atoms with Crippen molar-refractivity contribution in [2.45, 2.75) is 6.10 Å². The molecule has 1 N–H and O–H groups in total. The van der Waals surface area contributed by atoms with Gasteiger partial charge in [0.1, 0.15) is 11.9 Å². The number of imidazole rings is 1. The first kappa shape index (κ1) is 10.9. The zero-order valence-corrected chi connectivity index (χ0v) is 9.85. The van der Waals surface area contributed by atoms with Crippen molar-refractivity contribution in [3.63, 3.8) is 0 Å². The van der Waals surface area contributed by atoms with E-state index in [1.807, 2.05) is 25.2 Å². The van der Waals surface area contributed by atoms with Crippen LogP contribution in [0.1, 0.15) is 17.5 Å². The van der Waals surface area contributed by atoms with E-state index < -0.39 is 6.10 Å². The lowest BCUT2D eigenvalue weighted by Gasteiger charge is -2.12. The van der Waals surface area contributed by atoms with Crippen LogP contribution in [0.25, 0.3) is 11.0 Å². The summed E-state index contributed by atoms with van der Waals surface area (Å²) in [5, 5.41) is 10.4. The van der Waals surface area contributed by atoms with Gasteiger partial charge in [0.25, 0.3) is 0 Å². The van der Waals surface area contributed by atoms with E-state index in [0.717, 1.165) is 11.1 Å². The maximum absolute atomic E-state index is 10.4. The Morgan fingerprint density at radius 2 is 1.94 bits per heavy atom. The van der Waals surface area contributed by atoms with Gasteiger partial charge in [-0.05, 0) is 6.07 Å². The SMILES string of the molecule is Cn1ccnc1C(O)c1cccc2nccnc12. The molecule has 0 fully saturated rings. The fourth-order valence-electron chi connectivity index (χ4n) is 2.02. The number of hydrogen-bond donors (Lipinski definition) is 1. The van der Waals surface area contributed by atoms with E-state index in [9.17, 15) is 5.11 Å². The molecule has 2 heterocycles. The monoisotopic (exact) mass is 240 g/mol. The minimum absolute atomic E-state index is 0.591. The quantitative estimate of drug-likeness (QED) is 0.736. The molecule has 5 nitrogen and oxygen atoms in total. The van der Waals surface area contributed by atoms with E-state index in [4.69, 9.17) is 0 Å². The summed E-state index contributed by atoms with van der Waals surface area (Å²) in [4.78, 5) is 12.7. The summed E-state index contributed by atoms with van der Waals surface area (Å²) >= 11 is 0. The molecule has 0 aliphatic heterocycles. The summed E-state index contributed by atoms with van der Waals surface area (Å²) in [6.07, 6.45) is 5.92. The Hall–Kier alpha value is -2.27. The predicted molar refractivity (Wildman–Crippen MR) is 66.8 cm³/mol. The van der Waals surface area contributed by atoms with Gasteiger partial charge in [-0.25, -0.2) is 4.98 Å². The lowest BCUT2D eigenvalue weighted by Crippen LogP contribution is -2.08. The van der Waals surface area contributed by atoms with E-state index in [1.165, 1.54) is 0 Å². The number of aliphatic hydroxyl groups excluding tert-OH is 1. The second kappa shape index (κ2) is 4.19. The van der Waals surface area contributed by atoms with Crippen LogP contribution in [0.5, 0.6) is 0 Å². The molecule has 0 aliphatic carbocycles. The summed E-state index contributed by atoms with van der Waals surface area (Å²) in [7, 11) is 1.85. The molecule has 0 bridgehead atoms. The fourth-order valence-corrected chi connectivity index (χ4v) is 2.02. The smallest absolute Gasteiger partial charge is 0.142 e. The third-order valence-corrected chi connectivity index (χ3v) is 2.93. The van der Waals surface area contributed by atoms with Gasteiger partial charge in [-0.15, -0.1) is 0 Å². The van der Waals surface area contributed by atoms with Gasteiger partial charge in [-0.1, -0.05) is 12.1 Å². The minimum Gasteiger partial charge on any atom is -0.380 e. The average molecular weight is 240 g/mol. The Morgan fingerprint density at radius 1 is 1.11 bits per heavy atom. The number of hydrogen-bond acceptors (Lipinski definition) is 4. The van der Waals surface area contributed by atoms with Crippen molar-refractivity contribution in [3.05, 3.63) is 54.4 Å². The number of aryl methyl sites for hydroxylation is 1. The van der Waals surface area contributed by atoms with E-state index in [1.54, 1.807) is 29.4 Å². The van der Waals surface area contributed by atoms with Crippen LogP contribution in [0.2, 0.25) is 0 Å². The molecule has 0 spiro atoms. The number of nitrogens with zero attached hydrogens (tertiary/aromatic N) is 4. The van der Waals surface area contributed by atoms with Crippen LogP contribution < -0.4 is 0 Å². The maximum Gasteiger partial charge on any atom is 0.142 e. The number of para-hydroxylation sites is 1. The van der Waals surface area contributed by atoms with Crippen LogP contribution in [0.4, 0.5) is 0 Å². The van der Waals surface area contributed by atoms with Crippen molar-refractivity contribution in [1.29, 1.82) is 0 Å². The van der Waals surface area contributed by atoms with Gasteiger partial charge in [0.05, 0.1) is 11.0 Å². The van der Waals surface area contributed by atoms with Crippen LogP contribution in [-0.2, 0) is 7.05 Å². The van der Waals surface area contributed by atoms with Crippen LogP contribution in [0.15, 0.2) is 43.0 Å². The van der Waals surface area contributed by atoms with Crippen LogP contribution >= 0.6 is 0 Å². The predicted octanol–water partition coefficient (Wildman–Crippen LogP) is 1.44. The van der Waals surface area contributed by atoms with Gasteiger partial charge >= 0.3 is 0 Å². The molecule has 18 heavy (non-hydrogen) atoms. The van der Waals surface area contributed by atoms with Crippen LogP contribution in [-0.4, -0.2) is 24.6 Å². The molecule has 1 unspecified atom stereocenters. The average Bonchev–Trinajstić information content (AvgIpc) is 2.83. The first-order valence-electron chi connectivity index (χ1n) is 5.62. The van der Waals surface area contributed by atoms with Crippen molar-refractivity contribution < 1.29 is 5.11 Å². The molecule has 1 aromatic carbocycles. The van der Waals surface area contributed by atoms with Gasteiger partial charge in [-0.2, -0.15) is 0 Å². The largest absolute Gasteiger partial charge is 0.380 e. The molecule has 3 rings (SSSR count). The number of benzene rings is 1. The van der Waals surface area contributed by atoms with Gasteiger partial charge in [0.2, 0.25) is 0 Å². The Bertz CT molecular complexity index is 687. The van der Waals surface area contributed by atoms with E-state index >= 15 is 0 Å². The summed E-state index contributed by atoms with van der Waals surface area (Å²) in [6.45, 7) is 0. The number of fused-ring (bicyclic) bond motifs is 1. The lowest BCUT2D eigenvalue weighted by atomic mass is 10.1. The van der Waals surface area contributed by atoms with Crippen molar-refractivity contribution in [3.8, 4) is 0 Å². The third kappa shape index (κ3) is 1.65. The third-order valence-electron chi connectivity index (χ3n) is 2.93. The van der Waals surface area contributed by atoms with E-state index in [-0.39, 0.29) is 0 Å². The van der Waals surface area contributed by atoms with Gasteiger partial charge in [-0.3, -0.25) is 9.97 Å². The molecular formula is C13H12N4O. The van der Waals surface area contributed by atoms with Crippen LogP contribution in [0.3, 0.4) is 0 Å². The van der Waals surface area contributed by atoms with E-state index in [2.05, 4.69) is 15.0 Å². The van der Waals surface area contributed by atoms with Crippen molar-refractivity contribution >= 4 is 11.0 Å². The molecule has 3 aromatic rings. The van der Waals surface area contributed by atoms with Gasteiger partial charge in [0, 0.05) is 37.4 Å². The number of rotatable bonds is 2. The Labute approximate surface area is 104 Å². The Kier molecular flexibility index (Phi) is 2.53. The summed E-state index contributed by atoms with van der Waals surface area (Å²) < 4.78 is 1.79. The highest BCUT2D eigenvalue weighted by molar-refractivity contribution is 5.78. The molecule has 0 radical (unpaired) electrons. The van der Waals surface area contributed by atoms with Gasteiger partial charge < -0.3 is 9.67 Å². The molecular weight excluding hydrogens is 228 g/mol. The molecule has 90 valence electrons. The molecule has 0 amide bonds. The highest BCUT2D eigenvalue weighted by Crippen LogP contribution is 2.25. The molecule has 2 aromatic heterocycles. The second-order valence-corrected chi connectivity index (χ2v) is 4.07. The second-order valence-electron chi connectivity index (χ2n) is 4.07. The highest BCUT2D eigenvalue weighted by atomic mass is 16.3. The highest BCUT2D eigenvalue weighted by Gasteiger charge is 2.18. The first-order chi connectivity index (χ1) is 8.77. The first-order valence-corrected chi connectivity index (χ1v) is 5.62. The molecule has 0 saturated heterocycles. The maximum atomic E-state index is 10.4. The standard InChI is InChI=1S/C13H12N4O/c1-17-8-7-16-13(17)12(18)9-3-2-4-10-11(9)15-6-5-14-10/h2-8,12,18H,1H3. The van der Waals surface area contributed by atoms with Gasteiger partial charge in [0.15, 0.2) is 0 Å². The number of aliphatic hydroxyl groups is 1.